The molecule has 0 radical (unpaired) electrons. The first kappa shape index (κ1) is 16.7. The van der Waals surface area contributed by atoms with Gasteiger partial charge in [0.05, 0.1) is 24.1 Å². The Bertz CT molecular complexity index is 936. The van der Waals surface area contributed by atoms with E-state index >= 15 is 0 Å². The molecule has 0 N–H and O–H groups in total. The van der Waals surface area contributed by atoms with E-state index in [2.05, 4.69) is 14.9 Å². The van der Waals surface area contributed by atoms with Gasteiger partial charge in [0.2, 0.25) is 0 Å². The van der Waals surface area contributed by atoms with Crippen LogP contribution in [0.2, 0.25) is 0 Å². The summed E-state index contributed by atoms with van der Waals surface area (Å²) in [7, 11) is 0. The van der Waals surface area contributed by atoms with Crippen LogP contribution in [-0.2, 0) is 4.74 Å². The number of hydrogen-bond acceptors (Lipinski definition) is 6. The first-order chi connectivity index (χ1) is 12.8. The highest BCUT2D eigenvalue weighted by atomic mass is 16.7. The Morgan fingerprint density at radius 1 is 1.08 bits per heavy atom. The van der Waals surface area contributed by atoms with E-state index in [1.807, 2.05) is 36.4 Å². The van der Waals surface area contributed by atoms with Crippen molar-refractivity contribution in [2.75, 3.05) is 39.5 Å². The molecule has 1 aromatic carbocycles. The molecule has 26 heavy (non-hydrogen) atoms. The lowest BCUT2D eigenvalue weighted by Gasteiger charge is -2.26. The number of morpholine rings is 1. The standard InChI is InChI=1S/C19H20N4O3/c24-19-15-5-1-2-6-16(15)21-18(17-7-3-4-8-20-17)23(19)26-14-11-22-9-12-25-13-10-22/h1-8H,9-14H2. The summed E-state index contributed by atoms with van der Waals surface area (Å²) in [6, 6.07) is 12.8. The zero-order valence-corrected chi connectivity index (χ0v) is 14.4. The number of hydrogen-bond donors (Lipinski definition) is 0. The van der Waals surface area contributed by atoms with Crippen molar-refractivity contribution in [3.05, 3.63) is 59.0 Å². The van der Waals surface area contributed by atoms with Crippen molar-refractivity contribution in [3.63, 3.8) is 0 Å². The molecule has 0 unspecified atom stereocenters. The van der Waals surface area contributed by atoms with Gasteiger partial charge < -0.3 is 9.57 Å². The molecule has 2 aromatic heterocycles. The molecule has 1 aliphatic rings. The van der Waals surface area contributed by atoms with E-state index in [9.17, 15) is 4.79 Å². The first-order valence-electron chi connectivity index (χ1n) is 8.69. The molecular weight excluding hydrogens is 332 g/mol. The van der Waals surface area contributed by atoms with Gasteiger partial charge in [-0.2, -0.15) is 0 Å². The lowest BCUT2D eigenvalue weighted by Crippen LogP contribution is -2.40. The maximum Gasteiger partial charge on any atom is 0.294 e. The number of benzene rings is 1. The minimum absolute atomic E-state index is 0.224. The molecule has 0 aliphatic carbocycles. The molecule has 1 aliphatic heterocycles. The Balaban J connectivity index is 1.66. The number of para-hydroxylation sites is 1. The fourth-order valence-electron chi connectivity index (χ4n) is 2.98. The molecule has 0 spiro atoms. The van der Waals surface area contributed by atoms with Gasteiger partial charge in [0.1, 0.15) is 12.3 Å². The average molecular weight is 352 g/mol. The molecule has 0 bridgehead atoms. The third-order valence-corrected chi connectivity index (χ3v) is 4.36. The summed E-state index contributed by atoms with van der Waals surface area (Å²) in [4.78, 5) is 30.0. The summed E-state index contributed by atoms with van der Waals surface area (Å²) in [5.74, 6) is 0.413. The maximum absolute atomic E-state index is 12.9. The van der Waals surface area contributed by atoms with Gasteiger partial charge in [-0.25, -0.2) is 4.98 Å². The van der Waals surface area contributed by atoms with Crippen molar-refractivity contribution in [3.8, 4) is 11.5 Å². The minimum Gasteiger partial charge on any atom is -0.407 e. The summed E-state index contributed by atoms with van der Waals surface area (Å²) in [6.07, 6.45) is 1.68. The van der Waals surface area contributed by atoms with Gasteiger partial charge in [0, 0.05) is 25.8 Å². The number of nitrogens with zero attached hydrogens (tertiary/aromatic N) is 4. The van der Waals surface area contributed by atoms with Crippen LogP contribution in [0.3, 0.4) is 0 Å². The minimum atomic E-state index is -0.224. The Morgan fingerprint density at radius 3 is 2.69 bits per heavy atom. The van der Waals surface area contributed by atoms with Crippen LogP contribution in [0.5, 0.6) is 0 Å². The van der Waals surface area contributed by atoms with E-state index in [1.54, 1.807) is 12.3 Å². The maximum atomic E-state index is 12.9. The first-order valence-corrected chi connectivity index (χ1v) is 8.69. The van der Waals surface area contributed by atoms with Crippen molar-refractivity contribution in [2.24, 2.45) is 0 Å². The Labute approximate surface area is 150 Å². The molecule has 3 heterocycles. The largest absolute Gasteiger partial charge is 0.407 e. The van der Waals surface area contributed by atoms with Crippen LogP contribution in [0.25, 0.3) is 22.4 Å². The predicted molar refractivity (Wildman–Crippen MR) is 97.9 cm³/mol. The summed E-state index contributed by atoms with van der Waals surface area (Å²) in [6.45, 7) is 4.33. The number of pyridine rings is 1. The van der Waals surface area contributed by atoms with Crippen LogP contribution < -0.4 is 10.4 Å². The monoisotopic (exact) mass is 352 g/mol. The summed E-state index contributed by atoms with van der Waals surface area (Å²) < 4.78 is 6.62. The van der Waals surface area contributed by atoms with Crippen LogP contribution in [0.4, 0.5) is 0 Å². The molecule has 134 valence electrons. The molecule has 1 fully saturated rings. The second-order valence-electron chi connectivity index (χ2n) is 6.05. The van der Waals surface area contributed by atoms with Gasteiger partial charge in [-0.3, -0.25) is 14.7 Å². The summed E-state index contributed by atoms with van der Waals surface area (Å²) in [5.41, 5.74) is 1.01. The molecule has 3 aromatic rings. The van der Waals surface area contributed by atoms with E-state index in [0.717, 1.165) is 32.8 Å². The van der Waals surface area contributed by atoms with Crippen LogP contribution in [0, 0.1) is 0 Å². The molecule has 1 saturated heterocycles. The highest BCUT2D eigenvalue weighted by Gasteiger charge is 2.16. The van der Waals surface area contributed by atoms with Gasteiger partial charge in [-0.1, -0.05) is 18.2 Å². The van der Waals surface area contributed by atoms with E-state index in [0.29, 0.717) is 29.0 Å². The third-order valence-electron chi connectivity index (χ3n) is 4.36. The quantitative estimate of drug-likeness (QED) is 0.688. The van der Waals surface area contributed by atoms with E-state index < -0.39 is 0 Å². The Kier molecular flexibility index (Phi) is 4.90. The van der Waals surface area contributed by atoms with E-state index in [1.165, 1.54) is 4.73 Å². The fourth-order valence-corrected chi connectivity index (χ4v) is 2.98. The molecule has 0 saturated carbocycles. The summed E-state index contributed by atoms with van der Waals surface area (Å²) >= 11 is 0. The summed E-state index contributed by atoms with van der Waals surface area (Å²) in [5, 5.41) is 0.526. The molecular formula is C19H20N4O3. The fraction of sp³-hybridized carbons (Fsp3) is 0.316. The number of aromatic nitrogens is 3. The second kappa shape index (κ2) is 7.63. The van der Waals surface area contributed by atoms with Crippen molar-refractivity contribution >= 4 is 10.9 Å². The molecule has 4 rings (SSSR count). The molecule has 7 heteroatoms. The number of rotatable bonds is 5. The van der Waals surface area contributed by atoms with Crippen LogP contribution >= 0.6 is 0 Å². The third kappa shape index (κ3) is 3.44. The average Bonchev–Trinajstić information content (AvgIpc) is 2.71. The molecule has 0 atom stereocenters. The van der Waals surface area contributed by atoms with Crippen LogP contribution in [0.1, 0.15) is 0 Å². The predicted octanol–water partition coefficient (Wildman–Crippen LogP) is 1.22. The zero-order chi connectivity index (χ0) is 17.8. The van der Waals surface area contributed by atoms with Gasteiger partial charge >= 0.3 is 0 Å². The van der Waals surface area contributed by atoms with Crippen molar-refractivity contribution in [1.29, 1.82) is 0 Å². The lowest BCUT2D eigenvalue weighted by atomic mass is 10.2. The van der Waals surface area contributed by atoms with Crippen molar-refractivity contribution < 1.29 is 9.57 Å². The SMILES string of the molecule is O=c1c2ccccc2nc(-c2ccccn2)n1OCCN1CCOCC1. The number of ether oxygens (including phenoxy) is 1. The Morgan fingerprint density at radius 2 is 1.88 bits per heavy atom. The molecule has 7 nitrogen and oxygen atoms in total. The smallest absolute Gasteiger partial charge is 0.294 e. The van der Waals surface area contributed by atoms with Crippen LogP contribution in [-0.4, -0.2) is 59.1 Å². The lowest BCUT2D eigenvalue weighted by molar-refractivity contribution is 0.0166. The van der Waals surface area contributed by atoms with Gasteiger partial charge in [0.15, 0.2) is 5.82 Å². The Hall–Kier alpha value is -2.77. The normalized spacial score (nSPS) is 15.2. The van der Waals surface area contributed by atoms with E-state index in [-0.39, 0.29) is 5.56 Å². The number of fused-ring (bicyclic) bond motifs is 1. The zero-order valence-electron chi connectivity index (χ0n) is 14.4. The van der Waals surface area contributed by atoms with Gasteiger partial charge in [-0.05, 0) is 24.3 Å². The van der Waals surface area contributed by atoms with Gasteiger partial charge in [-0.15, -0.1) is 4.73 Å². The topological polar surface area (TPSA) is 69.5 Å². The highest BCUT2D eigenvalue weighted by Crippen LogP contribution is 2.15. The highest BCUT2D eigenvalue weighted by molar-refractivity contribution is 5.79. The van der Waals surface area contributed by atoms with E-state index in [4.69, 9.17) is 9.57 Å². The van der Waals surface area contributed by atoms with Gasteiger partial charge in [0.25, 0.3) is 5.56 Å². The molecule has 0 amide bonds. The van der Waals surface area contributed by atoms with Crippen molar-refractivity contribution in [1.82, 2.24) is 19.6 Å². The van der Waals surface area contributed by atoms with Crippen LogP contribution in [0.15, 0.2) is 53.5 Å². The van der Waals surface area contributed by atoms with Crippen molar-refractivity contribution in [2.45, 2.75) is 0 Å². The second-order valence-corrected chi connectivity index (χ2v) is 6.05.